The van der Waals surface area contributed by atoms with Crippen LogP contribution in [0.3, 0.4) is 0 Å². The molecule has 1 amide bonds. The van der Waals surface area contributed by atoms with E-state index < -0.39 is 40.6 Å². The summed E-state index contributed by atoms with van der Waals surface area (Å²) in [6, 6.07) is 32.1. The van der Waals surface area contributed by atoms with Crippen molar-refractivity contribution in [3.8, 4) is 0 Å². The molecule has 0 saturated carbocycles. The van der Waals surface area contributed by atoms with Gasteiger partial charge < -0.3 is 10.1 Å². The number of sulfonamides is 1. The fourth-order valence-corrected chi connectivity index (χ4v) is 6.79. The molecule has 0 fully saturated rings. The van der Waals surface area contributed by atoms with Crippen molar-refractivity contribution >= 4 is 21.9 Å². The van der Waals surface area contributed by atoms with Crippen LogP contribution in [0.1, 0.15) is 46.3 Å². The molecule has 210 valence electrons. The SMILES string of the molecule is Cc1ccc(S(=O)(=O)N2CCc3ccccc3C2CC(=O)OCC(=O)NC(c2ccccc2)c2ccccc2)cc1. The van der Waals surface area contributed by atoms with Crippen molar-refractivity contribution in [2.45, 2.75) is 36.7 Å². The summed E-state index contributed by atoms with van der Waals surface area (Å²) in [5.41, 5.74) is 4.51. The van der Waals surface area contributed by atoms with Crippen LogP contribution >= 0.6 is 0 Å². The fraction of sp³-hybridized carbons (Fsp3) is 0.212. The molecule has 41 heavy (non-hydrogen) atoms. The topological polar surface area (TPSA) is 92.8 Å². The normalized spacial score (nSPS) is 15.2. The first-order valence-electron chi connectivity index (χ1n) is 13.5. The van der Waals surface area contributed by atoms with Crippen LogP contribution in [-0.4, -0.2) is 37.8 Å². The van der Waals surface area contributed by atoms with Gasteiger partial charge >= 0.3 is 5.97 Å². The number of esters is 1. The van der Waals surface area contributed by atoms with Crippen molar-refractivity contribution in [1.82, 2.24) is 9.62 Å². The van der Waals surface area contributed by atoms with Crippen molar-refractivity contribution in [3.05, 3.63) is 137 Å². The minimum Gasteiger partial charge on any atom is -0.456 e. The molecule has 0 radical (unpaired) electrons. The molecular weight excluding hydrogens is 536 g/mol. The zero-order valence-electron chi connectivity index (χ0n) is 22.8. The third-order valence-electron chi connectivity index (χ3n) is 7.29. The summed E-state index contributed by atoms with van der Waals surface area (Å²) in [7, 11) is -3.88. The molecule has 5 rings (SSSR count). The van der Waals surface area contributed by atoms with Crippen molar-refractivity contribution in [1.29, 1.82) is 0 Å². The summed E-state index contributed by atoms with van der Waals surface area (Å²) in [5, 5.41) is 2.96. The molecule has 1 aliphatic rings. The molecule has 1 aliphatic heterocycles. The number of benzene rings is 4. The number of nitrogens with one attached hydrogen (secondary N) is 1. The lowest BCUT2D eigenvalue weighted by molar-refractivity contribution is -0.149. The van der Waals surface area contributed by atoms with Gasteiger partial charge in [-0.15, -0.1) is 0 Å². The second kappa shape index (κ2) is 12.5. The third kappa shape index (κ3) is 6.56. The fourth-order valence-electron chi connectivity index (χ4n) is 5.19. The molecule has 4 aromatic rings. The Morgan fingerprint density at radius 1 is 0.854 bits per heavy atom. The molecule has 0 spiro atoms. The molecule has 1 unspecified atom stereocenters. The number of nitrogens with zero attached hydrogens (tertiary/aromatic N) is 1. The van der Waals surface area contributed by atoms with E-state index in [0.29, 0.717) is 6.42 Å². The lowest BCUT2D eigenvalue weighted by Crippen LogP contribution is -2.41. The van der Waals surface area contributed by atoms with Gasteiger partial charge in [-0.1, -0.05) is 103 Å². The Balaban J connectivity index is 1.30. The van der Waals surface area contributed by atoms with Gasteiger partial charge in [-0.2, -0.15) is 4.31 Å². The van der Waals surface area contributed by atoms with Crippen molar-refractivity contribution < 1.29 is 22.7 Å². The monoisotopic (exact) mass is 568 g/mol. The number of hydrogen-bond acceptors (Lipinski definition) is 5. The third-order valence-corrected chi connectivity index (χ3v) is 9.21. The van der Waals surface area contributed by atoms with E-state index >= 15 is 0 Å². The van der Waals surface area contributed by atoms with Crippen molar-refractivity contribution in [2.75, 3.05) is 13.2 Å². The maximum Gasteiger partial charge on any atom is 0.308 e. The molecular formula is C33H32N2O5S. The number of rotatable bonds is 9. The average molecular weight is 569 g/mol. The van der Waals surface area contributed by atoms with Gasteiger partial charge in [0.2, 0.25) is 10.0 Å². The van der Waals surface area contributed by atoms with E-state index in [1.165, 1.54) is 4.31 Å². The summed E-state index contributed by atoms with van der Waals surface area (Å²) >= 11 is 0. The molecule has 8 heteroatoms. The van der Waals surface area contributed by atoms with Gasteiger partial charge in [0.15, 0.2) is 6.61 Å². The Hall–Kier alpha value is -4.27. The minimum absolute atomic E-state index is 0.174. The van der Waals surface area contributed by atoms with E-state index in [4.69, 9.17) is 4.74 Å². The van der Waals surface area contributed by atoms with Crippen LogP contribution in [0.15, 0.2) is 114 Å². The van der Waals surface area contributed by atoms with Gasteiger partial charge in [0.25, 0.3) is 5.91 Å². The molecule has 1 N–H and O–H groups in total. The van der Waals surface area contributed by atoms with Gasteiger partial charge in [0, 0.05) is 6.54 Å². The van der Waals surface area contributed by atoms with E-state index in [1.54, 1.807) is 24.3 Å². The smallest absolute Gasteiger partial charge is 0.308 e. The highest BCUT2D eigenvalue weighted by Gasteiger charge is 2.38. The molecule has 0 saturated heterocycles. The highest BCUT2D eigenvalue weighted by atomic mass is 32.2. The quantitative estimate of drug-likeness (QED) is 0.283. The number of ether oxygens (including phenoxy) is 1. The van der Waals surface area contributed by atoms with E-state index in [0.717, 1.165) is 27.8 Å². The molecule has 1 heterocycles. The first-order chi connectivity index (χ1) is 19.8. The summed E-state index contributed by atoms with van der Waals surface area (Å²) in [6.45, 7) is 1.65. The van der Waals surface area contributed by atoms with Gasteiger partial charge in [0.1, 0.15) is 0 Å². The number of carbonyl (C=O) groups excluding carboxylic acids is 2. The second-order valence-electron chi connectivity index (χ2n) is 10.1. The zero-order valence-corrected chi connectivity index (χ0v) is 23.6. The Bertz CT molecular complexity index is 1570. The predicted molar refractivity (Wildman–Crippen MR) is 156 cm³/mol. The van der Waals surface area contributed by atoms with Crippen LogP contribution in [0.4, 0.5) is 0 Å². The Kier molecular flexibility index (Phi) is 8.61. The highest BCUT2D eigenvalue weighted by Crippen LogP contribution is 2.36. The van der Waals surface area contributed by atoms with Crippen LogP contribution in [0.2, 0.25) is 0 Å². The van der Waals surface area contributed by atoms with Crippen LogP contribution in [0, 0.1) is 6.92 Å². The number of aryl methyl sites for hydroxylation is 1. The largest absolute Gasteiger partial charge is 0.456 e. The Morgan fingerprint density at radius 2 is 1.44 bits per heavy atom. The molecule has 1 atom stereocenters. The van der Waals surface area contributed by atoms with E-state index in [-0.39, 0.29) is 17.9 Å². The van der Waals surface area contributed by atoms with Gasteiger partial charge in [-0.3, -0.25) is 9.59 Å². The van der Waals surface area contributed by atoms with E-state index in [2.05, 4.69) is 5.32 Å². The lowest BCUT2D eigenvalue weighted by atomic mass is 9.92. The number of hydrogen-bond donors (Lipinski definition) is 1. The molecule has 7 nitrogen and oxygen atoms in total. The zero-order chi connectivity index (χ0) is 28.8. The molecule has 0 aromatic heterocycles. The van der Waals surface area contributed by atoms with Crippen molar-refractivity contribution in [3.63, 3.8) is 0 Å². The molecule has 0 bridgehead atoms. The van der Waals surface area contributed by atoms with E-state index in [9.17, 15) is 18.0 Å². The van der Waals surface area contributed by atoms with Crippen LogP contribution in [0.25, 0.3) is 0 Å². The van der Waals surface area contributed by atoms with Crippen LogP contribution in [-0.2, 0) is 30.8 Å². The molecule has 0 aliphatic carbocycles. The van der Waals surface area contributed by atoms with Crippen molar-refractivity contribution in [2.24, 2.45) is 0 Å². The lowest BCUT2D eigenvalue weighted by Gasteiger charge is -2.36. The average Bonchev–Trinajstić information content (AvgIpc) is 3.00. The standard InChI is InChI=1S/C33H32N2O5S/c1-24-16-18-28(19-17-24)41(38,39)35-21-20-25-10-8-9-15-29(25)30(35)22-32(37)40-23-31(36)34-33(26-11-4-2-5-12-26)27-13-6-3-7-14-27/h2-19,30,33H,20-23H2,1H3,(H,34,36). The van der Waals surface area contributed by atoms with Crippen LogP contribution < -0.4 is 5.32 Å². The van der Waals surface area contributed by atoms with Gasteiger partial charge in [0.05, 0.1) is 23.4 Å². The first kappa shape index (κ1) is 28.3. The Morgan fingerprint density at radius 3 is 2.07 bits per heavy atom. The first-order valence-corrected chi connectivity index (χ1v) is 15.0. The Labute approximate surface area is 240 Å². The summed E-state index contributed by atoms with van der Waals surface area (Å²) in [6.07, 6.45) is 0.325. The summed E-state index contributed by atoms with van der Waals surface area (Å²) in [5.74, 6) is -1.11. The minimum atomic E-state index is -3.88. The maximum absolute atomic E-state index is 13.7. The maximum atomic E-state index is 13.7. The van der Waals surface area contributed by atoms with Gasteiger partial charge in [-0.05, 0) is 47.7 Å². The second-order valence-corrected chi connectivity index (χ2v) is 12.0. The predicted octanol–water partition coefficient (Wildman–Crippen LogP) is 5.12. The highest BCUT2D eigenvalue weighted by molar-refractivity contribution is 7.89. The number of amides is 1. The van der Waals surface area contributed by atoms with Crippen LogP contribution in [0.5, 0.6) is 0 Å². The number of fused-ring (bicyclic) bond motifs is 1. The van der Waals surface area contributed by atoms with E-state index in [1.807, 2.05) is 91.9 Å². The summed E-state index contributed by atoms with van der Waals surface area (Å²) in [4.78, 5) is 26.2. The number of carbonyl (C=O) groups is 2. The molecule has 4 aromatic carbocycles. The van der Waals surface area contributed by atoms with Gasteiger partial charge in [-0.25, -0.2) is 8.42 Å². The summed E-state index contributed by atoms with van der Waals surface area (Å²) < 4.78 is 34.1.